The topological polar surface area (TPSA) is 61.6 Å². The third-order valence-corrected chi connectivity index (χ3v) is 1.54. The molecular formula is C7H13NO3. The summed E-state index contributed by atoms with van der Waals surface area (Å²) < 4.78 is 9.77. The van der Waals surface area contributed by atoms with Crippen LogP contribution in [0.15, 0.2) is 0 Å². The van der Waals surface area contributed by atoms with Gasteiger partial charge in [0, 0.05) is 5.92 Å². The quantitative estimate of drug-likeness (QED) is 0.565. The second-order valence-electron chi connectivity index (χ2n) is 2.82. The van der Waals surface area contributed by atoms with Crippen LogP contribution >= 0.6 is 0 Å². The summed E-state index contributed by atoms with van der Waals surface area (Å²) in [5.41, 5.74) is 5.28. The molecule has 1 atom stereocenters. The van der Waals surface area contributed by atoms with Gasteiger partial charge in [0.1, 0.15) is 6.04 Å². The Morgan fingerprint density at radius 2 is 2.45 bits per heavy atom. The van der Waals surface area contributed by atoms with Gasteiger partial charge in [0.2, 0.25) is 0 Å². The Morgan fingerprint density at radius 1 is 1.82 bits per heavy atom. The van der Waals surface area contributed by atoms with Crippen molar-refractivity contribution in [1.82, 2.24) is 0 Å². The van der Waals surface area contributed by atoms with Crippen LogP contribution in [0.3, 0.4) is 0 Å². The molecule has 64 valence electrons. The molecule has 0 aromatic heterocycles. The van der Waals surface area contributed by atoms with Crippen molar-refractivity contribution in [2.45, 2.75) is 13.0 Å². The van der Waals surface area contributed by atoms with Crippen LogP contribution in [-0.4, -0.2) is 31.8 Å². The highest BCUT2D eigenvalue weighted by molar-refractivity contribution is 5.74. The van der Waals surface area contributed by atoms with E-state index >= 15 is 0 Å². The fraction of sp³-hybridized carbons (Fsp3) is 0.857. The van der Waals surface area contributed by atoms with Crippen molar-refractivity contribution in [2.75, 3.05) is 19.8 Å². The molecule has 4 nitrogen and oxygen atoms in total. The number of nitrogens with two attached hydrogens (primary N) is 1. The zero-order chi connectivity index (χ0) is 8.27. The van der Waals surface area contributed by atoms with E-state index in [0.717, 1.165) is 0 Å². The Morgan fingerprint density at radius 3 is 2.82 bits per heavy atom. The van der Waals surface area contributed by atoms with Crippen LogP contribution in [0.25, 0.3) is 0 Å². The maximum atomic E-state index is 10.8. The zero-order valence-corrected chi connectivity index (χ0v) is 6.58. The van der Waals surface area contributed by atoms with E-state index in [1.165, 1.54) is 0 Å². The van der Waals surface area contributed by atoms with Crippen LogP contribution in [0, 0.1) is 5.92 Å². The number of hydrogen-bond acceptors (Lipinski definition) is 4. The van der Waals surface area contributed by atoms with E-state index in [-0.39, 0.29) is 5.97 Å². The number of hydrogen-bond donors (Lipinski definition) is 1. The Hall–Kier alpha value is -0.610. The standard InChI is InChI=1S/C7H13NO3/c1-5(8)7(9)11-4-6-2-10-3-6/h5-6H,2-4,8H2,1H3/t5-/m0/s1. The van der Waals surface area contributed by atoms with E-state index < -0.39 is 6.04 Å². The van der Waals surface area contributed by atoms with Crippen molar-refractivity contribution in [3.05, 3.63) is 0 Å². The summed E-state index contributed by atoms with van der Waals surface area (Å²) >= 11 is 0. The van der Waals surface area contributed by atoms with Crippen LogP contribution in [0.4, 0.5) is 0 Å². The van der Waals surface area contributed by atoms with Gasteiger partial charge in [0.05, 0.1) is 19.8 Å². The predicted molar refractivity (Wildman–Crippen MR) is 38.9 cm³/mol. The monoisotopic (exact) mass is 159 g/mol. The predicted octanol–water partition coefficient (Wildman–Crippen LogP) is -0.477. The molecule has 0 saturated carbocycles. The van der Waals surface area contributed by atoms with Crippen molar-refractivity contribution in [3.8, 4) is 0 Å². The summed E-state index contributed by atoms with van der Waals surface area (Å²) in [6, 6.07) is -0.518. The number of carbonyl (C=O) groups excluding carboxylic acids is 1. The summed E-state index contributed by atoms with van der Waals surface area (Å²) in [6.45, 7) is 3.46. The molecule has 0 spiro atoms. The molecule has 0 radical (unpaired) electrons. The Bertz CT molecular complexity index is 143. The highest BCUT2D eigenvalue weighted by Gasteiger charge is 2.20. The van der Waals surface area contributed by atoms with E-state index in [2.05, 4.69) is 0 Å². The number of carbonyl (C=O) groups is 1. The summed E-state index contributed by atoms with van der Waals surface area (Å²) in [6.07, 6.45) is 0. The fourth-order valence-electron chi connectivity index (χ4n) is 0.712. The van der Waals surface area contributed by atoms with Gasteiger partial charge in [-0.3, -0.25) is 4.79 Å². The molecule has 0 amide bonds. The average molecular weight is 159 g/mol. The van der Waals surface area contributed by atoms with Gasteiger partial charge >= 0.3 is 5.97 Å². The van der Waals surface area contributed by atoms with Gasteiger partial charge in [0.15, 0.2) is 0 Å². The lowest BCUT2D eigenvalue weighted by molar-refractivity contribution is -0.151. The summed E-state index contributed by atoms with van der Waals surface area (Å²) in [4.78, 5) is 10.8. The van der Waals surface area contributed by atoms with E-state index in [4.69, 9.17) is 15.2 Å². The first-order valence-electron chi connectivity index (χ1n) is 3.70. The fourth-order valence-corrected chi connectivity index (χ4v) is 0.712. The van der Waals surface area contributed by atoms with Crippen LogP contribution in [0.2, 0.25) is 0 Å². The Labute approximate surface area is 65.7 Å². The van der Waals surface area contributed by atoms with Crippen LogP contribution in [0.1, 0.15) is 6.92 Å². The molecule has 1 saturated heterocycles. The van der Waals surface area contributed by atoms with Crippen LogP contribution in [-0.2, 0) is 14.3 Å². The lowest BCUT2D eigenvalue weighted by atomic mass is 10.1. The molecule has 2 N–H and O–H groups in total. The summed E-state index contributed by atoms with van der Waals surface area (Å²) in [7, 11) is 0. The molecule has 0 aromatic carbocycles. The van der Waals surface area contributed by atoms with Crippen molar-refractivity contribution >= 4 is 5.97 Å². The lowest BCUT2D eigenvalue weighted by Gasteiger charge is -2.25. The van der Waals surface area contributed by atoms with E-state index in [0.29, 0.717) is 25.7 Å². The maximum absolute atomic E-state index is 10.8. The SMILES string of the molecule is C[C@H](N)C(=O)OCC1COC1. The molecule has 1 fully saturated rings. The largest absolute Gasteiger partial charge is 0.464 e. The van der Waals surface area contributed by atoms with Crippen LogP contribution < -0.4 is 5.73 Å². The van der Waals surface area contributed by atoms with Gasteiger partial charge in [-0.25, -0.2) is 0 Å². The molecule has 4 heteroatoms. The number of ether oxygens (including phenoxy) is 2. The first-order valence-corrected chi connectivity index (χ1v) is 3.70. The Balaban J connectivity index is 2.06. The van der Waals surface area contributed by atoms with Crippen molar-refractivity contribution < 1.29 is 14.3 Å². The summed E-state index contributed by atoms with van der Waals surface area (Å²) in [5.74, 6) is 0.0506. The smallest absolute Gasteiger partial charge is 0.322 e. The molecule has 0 bridgehead atoms. The van der Waals surface area contributed by atoms with Gasteiger partial charge in [-0.2, -0.15) is 0 Å². The first kappa shape index (κ1) is 8.49. The van der Waals surface area contributed by atoms with Gasteiger partial charge in [0.25, 0.3) is 0 Å². The zero-order valence-electron chi connectivity index (χ0n) is 6.58. The molecule has 11 heavy (non-hydrogen) atoms. The number of rotatable bonds is 3. The second kappa shape index (κ2) is 3.69. The molecule has 1 aliphatic rings. The average Bonchev–Trinajstić information content (AvgIpc) is 1.83. The van der Waals surface area contributed by atoms with E-state index in [9.17, 15) is 4.79 Å². The molecule has 0 aromatic rings. The number of esters is 1. The van der Waals surface area contributed by atoms with Crippen molar-refractivity contribution in [1.29, 1.82) is 0 Å². The van der Waals surface area contributed by atoms with Gasteiger partial charge in [-0.15, -0.1) is 0 Å². The molecule has 0 unspecified atom stereocenters. The van der Waals surface area contributed by atoms with Gasteiger partial charge < -0.3 is 15.2 Å². The van der Waals surface area contributed by atoms with E-state index in [1.807, 2.05) is 0 Å². The third kappa shape index (κ3) is 2.48. The third-order valence-electron chi connectivity index (χ3n) is 1.54. The minimum Gasteiger partial charge on any atom is -0.464 e. The maximum Gasteiger partial charge on any atom is 0.322 e. The molecule has 1 rings (SSSR count). The highest BCUT2D eigenvalue weighted by Crippen LogP contribution is 2.09. The van der Waals surface area contributed by atoms with Gasteiger partial charge in [-0.05, 0) is 6.92 Å². The van der Waals surface area contributed by atoms with Gasteiger partial charge in [-0.1, -0.05) is 0 Å². The first-order chi connectivity index (χ1) is 5.20. The highest BCUT2D eigenvalue weighted by atomic mass is 16.5. The minimum atomic E-state index is -0.518. The summed E-state index contributed by atoms with van der Waals surface area (Å²) in [5, 5.41) is 0. The van der Waals surface area contributed by atoms with Crippen LogP contribution in [0.5, 0.6) is 0 Å². The molecular weight excluding hydrogens is 146 g/mol. The second-order valence-corrected chi connectivity index (χ2v) is 2.82. The van der Waals surface area contributed by atoms with E-state index in [1.54, 1.807) is 6.92 Å². The molecule has 1 aliphatic heterocycles. The molecule has 0 aliphatic carbocycles. The molecule has 1 heterocycles. The minimum absolute atomic E-state index is 0.336. The van der Waals surface area contributed by atoms with Crippen molar-refractivity contribution in [3.63, 3.8) is 0 Å². The Kier molecular flexibility index (Phi) is 2.84. The normalized spacial score (nSPS) is 20.5. The lowest BCUT2D eigenvalue weighted by Crippen LogP contribution is -2.36. The van der Waals surface area contributed by atoms with Crippen molar-refractivity contribution in [2.24, 2.45) is 11.7 Å².